The largest absolute Gasteiger partial charge is 0.489 e. The molecule has 0 aliphatic carbocycles. The van der Waals surface area contributed by atoms with Gasteiger partial charge < -0.3 is 25.0 Å². The number of aromatic nitrogens is 2. The molecular weight excluding hydrogens is 432 g/mol. The van der Waals surface area contributed by atoms with Crippen LogP contribution in [0.3, 0.4) is 0 Å². The Kier molecular flexibility index (Phi) is 6.83. The Bertz CT molecular complexity index is 1150. The van der Waals surface area contributed by atoms with E-state index in [1.165, 1.54) is 6.92 Å². The van der Waals surface area contributed by atoms with Gasteiger partial charge in [-0.2, -0.15) is 0 Å². The van der Waals surface area contributed by atoms with Crippen molar-refractivity contribution in [2.75, 3.05) is 31.6 Å². The number of likely N-dealkylation sites (tertiary alicyclic amines) is 1. The van der Waals surface area contributed by atoms with Crippen LogP contribution in [0.1, 0.15) is 25.8 Å². The van der Waals surface area contributed by atoms with E-state index >= 15 is 0 Å². The number of hydrogen-bond acceptors (Lipinski definition) is 5. The van der Waals surface area contributed by atoms with Crippen molar-refractivity contribution in [3.8, 4) is 5.75 Å². The van der Waals surface area contributed by atoms with E-state index in [0.29, 0.717) is 23.0 Å². The summed E-state index contributed by atoms with van der Waals surface area (Å²) in [7, 11) is 0. The maximum Gasteiger partial charge on any atom is 0.326 e. The lowest BCUT2D eigenvalue weighted by atomic mass is 10.0. The smallest absolute Gasteiger partial charge is 0.326 e. The summed E-state index contributed by atoms with van der Waals surface area (Å²) in [6.07, 6.45) is 0.956. The zero-order valence-electron chi connectivity index (χ0n) is 17.9. The second-order valence-electron chi connectivity index (χ2n) is 8.14. The molecule has 1 aliphatic rings. The number of aromatic amines is 1. The fraction of sp³-hybridized carbons (Fsp3) is 0.391. The van der Waals surface area contributed by atoms with Gasteiger partial charge in [0, 0.05) is 37.6 Å². The molecule has 0 spiro atoms. The van der Waals surface area contributed by atoms with Gasteiger partial charge in [0.15, 0.2) is 0 Å². The van der Waals surface area contributed by atoms with E-state index in [2.05, 4.69) is 15.2 Å². The van der Waals surface area contributed by atoms with Crippen LogP contribution in [0, 0.1) is 0 Å². The minimum atomic E-state index is -0.671. The van der Waals surface area contributed by atoms with Gasteiger partial charge in [-0.3, -0.25) is 9.36 Å². The number of rotatable bonds is 7. The lowest BCUT2D eigenvalue weighted by Crippen LogP contribution is -2.42. The van der Waals surface area contributed by atoms with Gasteiger partial charge in [-0.1, -0.05) is 23.7 Å². The standard InChI is InChI=1S/C23H27ClN4O4/c1-15(29)25-19-4-2-3-5-22(19)32-14-18(30)13-27-10-8-17(9-11-27)28-21-7-6-16(24)12-20(21)26-23(28)31/h2-7,12,17-18,30H,8-11,13-14H2,1H3,(H,25,29)(H,26,31)/t18-/m1/s1. The summed E-state index contributed by atoms with van der Waals surface area (Å²) in [5.74, 6) is 0.348. The van der Waals surface area contributed by atoms with Crippen LogP contribution in [0.2, 0.25) is 5.02 Å². The maximum absolute atomic E-state index is 12.5. The monoisotopic (exact) mass is 458 g/mol. The van der Waals surface area contributed by atoms with Crippen LogP contribution >= 0.6 is 11.6 Å². The number of piperidine rings is 1. The summed E-state index contributed by atoms with van der Waals surface area (Å²) in [6.45, 7) is 3.59. The number of imidazole rings is 1. The van der Waals surface area contributed by atoms with Crippen LogP contribution in [-0.2, 0) is 4.79 Å². The molecule has 0 unspecified atom stereocenters. The highest BCUT2D eigenvalue weighted by molar-refractivity contribution is 6.31. The predicted molar refractivity (Wildman–Crippen MR) is 125 cm³/mol. The number of carbonyl (C=O) groups is 1. The molecule has 0 bridgehead atoms. The fourth-order valence-corrected chi connectivity index (χ4v) is 4.42. The lowest BCUT2D eigenvalue weighted by molar-refractivity contribution is -0.114. The first-order chi connectivity index (χ1) is 15.4. The van der Waals surface area contributed by atoms with Crippen molar-refractivity contribution in [3.05, 3.63) is 58.0 Å². The first-order valence-electron chi connectivity index (χ1n) is 10.7. The highest BCUT2D eigenvalue weighted by Gasteiger charge is 2.25. The molecule has 1 amide bonds. The summed E-state index contributed by atoms with van der Waals surface area (Å²) in [6, 6.07) is 12.7. The predicted octanol–water partition coefficient (Wildman–Crippen LogP) is 3.02. The topological polar surface area (TPSA) is 99.6 Å². The Hall–Kier alpha value is -2.81. The number of nitrogens with zero attached hydrogens (tertiary/aromatic N) is 2. The molecule has 32 heavy (non-hydrogen) atoms. The number of fused-ring (bicyclic) bond motifs is 1. The molecule has 9 heteroatoms. The average molecular weight is 459 g/mol. The number of ether oxygens (including phenoxy) is 1. The van der Waals surface area contributed by atoms with Gasteiger partial charge in [-0.05, 0) is 43.2 Å². The second-order valence-corrected chi connectivity index (χ2v) is 8.57. The lowest BCUT2D eigenvalue weighted by Gasteiger charge is -2.33. The van der Waals surface area contributed by atoms with Crippen LogP contribution < -0.4 is 15.7 Å². The number of nitrogens with one attached hydrogen (secondary N) is 2. The van der Waals surface area contributed by atoms with E-state index < -0.39 is 6.10 Å². The van der Waals surface area contributed by atoms with E-state index in [1.54, 1.807) is 24.3 Å². The Balaban J connectivity index is 1.31. The molecule has 1 saturated heterocycles. The number of hydrogen-bond donors (Lipinski definition) is 3. The summed E-state index contributed by atoms with van der Waals surface area (Å²) in [5.41, 5.74) is 2.08. The average Bonchev–Trinajstić information content (AvgIpc) is 3.08. The van der Waals surface area contributed by atoms with Gasteiger partial charge in [0.2, 0.25) is 5.91 Å². The van der Waals surface area contributed by atoms with Gasteiger partial charge in [0.05, 0.1) is 16.7 Å². The van der Waals surface area contributed by atoms with Crippen molar-refractivity contribution in [2.24, 2.45) is 0 Å². The Labute approximate surface area is 190 Å². The third kappa shape index (κ3) is 5.15. The Morgan fingerprint density at radius 3 is 2.78 bits per heavy atom. The van der Waals surface area contributed by atoms with Crippen LogP contribution in [0.4, 0.5) is 5.69 Å². The van der Waals surface area contributed by atoms with Gasteiger partial charge in [0.1, 0.15) is 18.5 Å². The summed E-state index contributed by atoms with van der Waals surface area (Å²) < 4.78 is 7.56. The normalized spacial score (nSPS) is 16.2. The highest BCUT2D eigenvalue weighted by atomic mass is 35.5. The van der Waals surface area contributed by atoms with Crippen LogP contribution in [0.25, 0.3) is 11.0 Å². The first-order valence-corrected chi connectivity index (χ1v) is 11.1. The second kappa shape index (κ2) is 9.77. The molecule has 1 atom stereocenters. The van der Waals surface area contributed by atoms with E-state index in [9.17, 15) is 14.7 Å². The van der Waals surface area contributed by atoms with Gasteiger partial charge in [-0.15, -0.1) is 0 Å². The molecular formula is C23H27ClN4O4. The molecule has 3 aromatic rings. The van der Waals surface area contributed by atoms with Crippen LogP contribution in [0.15, 0.2) is 47.3 Å². The van der Waals surface area contributed by atoms with E-state index in [4.69, 9.17) is 16.3 Å². The van der Waals surface area contributed by atoms with Gasteiger partial charge >= 0.3 is 5.69 Å². The zero-order valence-corrected chi connectivity index (χ0v) is 18.6. The van der Waals surface area contributed by atoms with Crippen LogP contribution in [0.5, 0.6) is 5.75 Å². The minimum Gasteiger partial charge on any atom is -0.489 e. The number of anilines is 1. The number of aliphatic hydroxyl groups excluding tert-OH is 1. The molecule has 4 rings (SSSR count). The highest BCUT2D eigenvalue weighted by Crippen LogP contribution is 2.27. The van der Waals surface area contributed by atoms with Crippen molar-refractivity contribution < 1.29 is 14.6 Å². The molecule has 8 nitrogen and oxygen atoms in total. The molecule has 2 aromatic carbocycles. The van der Waals surface area contributed by atoms with Crippen molar-refractivity contribution >= 4 is 34.2 Å². The third-order valence-electron chi connectivity index (χ3n) is 5.70. The van der Waals surface area contributed by atoms with Crippen molar-refractivity contribution in [1.29, 1.82) is 0 Å². The molecule has 2 heterocycles. The van der Waals surface area contributed by atoms with E-state index in [-0.39, 0.29) is 24.2 Å². The van der Waals surface area contributed by atoms with Gasteiger partial charge in [0.25, 0.3) is 0 Å². The van der Waals surface area contributed by atoms with E-state index in [0.717, 1.165) is 37.0 Å². The van der Waals surface area contributed by atoms with Crippen molar-refractivity contribution in [2.45, 2.75) is 31.9 Å². The summed E-state index contributed by atoms with van der Waals surface area (Å²) >= 11 is 6.04. The molecule has 1 aromatic heterocycles. The zero-order chi connectivity index (χ0) is 22.7. The number of β-amino-alcohol motifs (C(OH)–C–C–N with tert-alkyl or cyclic N) is 1. The maximum atomic E-state index is 12.5. The molecule has 1 aliphatic heterocycles. The quantitative estimate of drug-likeness (QED) is 0.505. The molecule has 0 saturated carbocycles. The molecule has 3 N–H and O–H groups in total. The number of aliphatic hydroxyl groups is 1. The van der Waals surface area contributed by atoms with Crippen LogP contribution in [-0.4, -0.2) is 57.8 Å². The summed E-state index contributed by atoms with van der Waals surface area (Å²) in [5, 5.41) is 13.8. The molecule has 1 fully saturated rings. The van der Waals surface area contributed by atoms with Gasteiger partial charge in [-0.25, -0.2) is 4.79 Å². The summed E-state index contributed by atoms with van der Waals surface area (Å²) in [4.78, 5) is 28.9. The number of H-pyrrole nitrogens is 1. The number of halogens is 1. The number of benzene rings is 2. The first kappa shape index (κ1) is 22.4. The number of para-hydroxylation sites is 2. The third-order valence-corrected chi connectivity index (χ3v) is 5.93. The van der Waals surface area contributed by atoms with Crippen molar-refractivity contribution in [3.63, 3.8) is 0 Å². The Morgan fingerprint density at radius 2 is 2.03 bits per heavy atom. The molecule has 0 radical (unpaired) electrons. The fourth-order valence-electron chi connectivity index (χ4n) is 4.25. The SMILES string of the molecule is CC(=O)Nc1ccccc1OC[C@H](O)CN1CCC(n2c(=O)[nH]c3cc(Cl)ccc32)CC1. The number of carbonyl (C=O) groups excluding carboxylic acids is 1. The molecule has 170 valence electrons. The number of amides is 1. The van der Waals surface area contributed by atoms with E-state index in [1.807, 2.05) is 22.8 Å². The minimum absolute atomic E-state index is 0.103. The Morgan fingerprint density at radius 1 is 1.28 bits per heavy atom. The van der Waals surface area contributed by atoms with Crippen molar-refractivity contribution in [1.82, 2.24) is 14.5 Å².